The minimum atomic E-state index is -1.27. The molecule has 12 rings (SSSR count). The Kier molecular flexibility index (Phi) is 2.55. The Labute approximate surface area is 357 Å². The fraction of sp³-hybridized carbons (Fsp3) is 0. The second-order valence-electron chi connectivity index (χ2n) is 12.2. The molecule has 0 aliphatic rings. The molecule has 0 spiro atoms. The molecule has 0 unspecified atom stereocenters. The van der Waals surface area contributed by atoms with Gasteiger partial charge in [-0.05, 0) is 138 Å². The quantitative estimate of drug-likeness (QED) is 0.159. The SMILES string of the molecule is [2H]c1c([2H])c([2H])c(-c2c(-c3c([2H])c([2H])c4c([2H])c([2H])c([2H])c([2H])c4c3[2H])c([2H])c(-c3c([2H])c([2H])c4c([2H])c([2H])c5c([2H])c([2H])c([2H])c6c([2H])c([2H])c3c4c56)c([2H])c2-c2c([2H])c([2H])c3c([2H])c([2H])c4c([2H])c([2H])c([2H])c5c([2H])c([2H])c2c3c45)c([2H])c1[2H]. The van der Waals surface area contributed by atoms with Crippen molar-refractivity contribution in [3.05, 3.63) is 193 Å². The maximum Gasteiger partial charge on any atom is 0.0636 e. The number of hydrogen-bond donors (Lipinski definition) is 0. The van der Waals surface area contributed by atoms with Crippen LogP contribution in [0.25, 0.3) is 120 Å². The number of benzene rings is 12. The van der Waals surface area contributed by atoms with Crippen molar-refractivity contribution in [3.63, 3.8) is 0 Å². The van der Waals surface area contributed by atoms with Gasteiger partial charge in [0.2, 0.25) is 0 Å². The van der Waals surface area contributed by atoms with E-state index in [0.29, 0.717) is 0 Å². The van der Waals surface area contributed by atoms with Crippen LogP contribution in [0.5, 0.6) is 0 Å². The summed E-state index contributed by atoms with van der Waals surface area (Å²) in [7, 11) is 0. The highest BCUT2D eigenvalue weighted by Crippen LogP contribution is 2.49. The van der Waals surface area contributed by atoms with Gasteiger partial charge in [0.05, 0.1) is 43.9 Å². The van der Waals surface area contributed by atoms with Crippen molar-refractivity contribution in [1.82, 2.24) is 0 Å². The van der Waals surface area contributed by atoms with Crippen LogP contribution in [0.3, 0.4) is 0 Å². The third-order valence-corrected chi connectivity index (χ3v) is 9.38. The van der Waals surface area contributed by atoms with Gasteiger partial charge in [0.25, 0.3) is 0 Å². The van der Waals surface area contributed by atoms with Crippen molar-refractivity contribution < 1.29 is 43.9 Å². The van der Waals surface area contributed by atoms with Crippen LogP contribution in [0.2, 0.25) is 0 Å². The van der Waals surface area contributed by atoms with Crippen molar-refractivity contribution in [1.29, 1.82) is 0 Å². The van der Waals surface area contributed by atoms with Crippen LogP contribution in [-0.4, -0.2) is 0 Å². The molecule has 0 nitrogen and oxygen atoms in total. The smallest absolute Gasteiger partial charge is 0.0622 e. The summed E-state index contributed by atoms with van der Waals surface area (Å²) in [6, 6.07) is -31.9. The summed E-state index contributed by atoms with van der Waals surface area (Å²) in [5, 5.41) is -8.28. The third-order valence-electron chi connectivity index (χ3n) is 9.38. The lowest BCUT2D eigenvalue weighted by molar-refractivity contribution is 1.57. The third kappa shape index (κ3) is 4.26. The molecule has 0 saturated heterocycles. The van der Waals surface area contributed by atoms with Gasteiger partial charge in [0.1, 0.15) is 0 Å². The number of fused-ring (bicyclic) bond motifs is 1. The molecule has 0 aromatic heterocycles. The molecule has 0 amide bonds. The van der Waals surface area contributed by atoms with E-state index in [2.05, 4.69) is 0 Å². The fourth-order valence-electron chi connectivity index (χ4n) is 7.06. The first-order chi connectivity index (χ1) is 40.1. The van der Waals surface area contributed by atoms with Crippen molar-refractivity contribution in [2.75, 3.05) is 0 Å². The molecule has 0 atom stereocenters. The van der Waals surface area contributed by atoms with Gasteiger partial charge in [-0.1, -0.05) is 175 Å². The molecule has 0 bridgehead atoms. The van der Waals surface area contributed by atoms with Gasteiger partial charge in [-0.25, -0.2) is 0 Å². The maximum absolute atomic E-state index is 10.7. The molecule has 0 saturated carbocycles. The van der Waals surface area contributed by atoms with Gasteiger partial charge >= 0.3 is 0 Å². The van der Waals surface area contributed by atoms with E-state index in [4.69, 9.17) is 20.6 Å². The van der Waals surface area contributed by atoms with Gasteiger partial charge in [0, 0.05) is 0 Å². The summed E-state index contributed by atoms with van der Waals surface area (Å²) in [5.74, 6) is 0. The first-order valence-corrected chi connectivity index (χ1v) is 16.2. The molecule has 0 N–H and O–H groups in total. The van der Waals surface area contributed by atoms with Crippen LogP contribution in [0.15, 0.2) is 193 Å². The molecular weight excluding hydrogens is 649 g/mol. The molecule has 248 valence electrons. The van der Waals surface area contributed by atoms with Crippen molar-refractivity contribution in [2.24, 2.45) is 0 Å². The standard InChI is InChI=1S/C54H32/c1-2-9-34(10-3-1)52-48(42-21-16-33-8-4-5-11-41(33)30-42)31-43(44-26-22-39-19-17-35-12-6-14-37-24-28-46(44)53(39)50(35)37)32-49(52)45-27-23-40-20-18-36-13-7-15-38-25-29-47(45)54(40)51(36)38/h1-32H/i1D,2D,3D,4D,5D,6D,7D,8D,9D,10D,11D,12D,13D,14D,15D,16D,17D,18D,19D,20D,21D,22D,23D,24D,25D,26D,27D,28D,29D,30D,31D,32D. The molecule has 0 heteroatoms. The van der Waals surface area contributed by atoms with Crippen LogP contribution in [0, 0.1) is 0 Å². The van der Waals surface area contributed by atoms with E-state index in [1.165, 1.54) is 0 Å². The zero-order valence-corrected chi connectivity index (χ0v) is 27.0. The zero-order chi connectivity index (χ0) is 63.2. The van der Waals surface area contributed by atoms with E-state index < -0.39 is 313 Å². The lowest BCUT2D eigenvalue weighted by Gasteiger charge is -2.22. The first-order valence-electron chi connectivity index (χ1n) is 32.2. The van der Waals surface area contributed by atoms with E-state index in [1.54, 1.807) is 0 Å². The molecule has 12 aromatic rings. The van der Waals surface area contributed by atoms with Crippen LogP contribution >= 0.6 is 0 Å². The van der Waals surface area contributed by atoms with Crippen molar-refractivity contribution >= 4 is 75.4 Å². The summed E-state index contributed by atoms with van der Waals surface area (Å²) in [6.07, 6.45) is 0. The number of rotatable bonds is 4. The summed E-state index contributed by atoms with van der Waals surface area (Å²) < 4.78 is 298. The highest BCUT2D eigenvalue weighted by atomic mass is 14.2. The molecule has 0 radical (unpaired) electrons. The second kappa shape index (κ2) is 11.2. The van der Waals surface area contributed by atoms with Gasteiger partial charge in [0.15, 0.2) is 0 Å². The van der Waals surface area contributed by atoms with Gasteiger partial charge in [-0.2, -0.15) is 0 Å². The predicted octanol–water partition coefficient (Wildman–Crippen LogP) is 15.3. The topological polar surface area (TPSA) is 0 Å². The second-order valence-corrected chi connectivity index (χ2v) is 12.2. The average Bonchev–Trinajstić information content (AvgIpc) is 0.694. The Balaban J connectivity index is 1.49. The van der Waals surface area contributed by atoms with E-state index >= 15 is 0 Å². The molecule has 0 aliphatic carbocycles. The van der Waals surface area contributed by atoms with E-state index in [1.807, 2.05) is 0 Å². The van der Waals surface area contributed by atoms with Gasteiger partial charge in [-0.3, -0.25) is 0 Å². The van der Waals surface area contributed by atoms with Crippen molar-refractivity contribution in [3.8, 4) is 44.5 Å². The molecule has 0 aliphatic heterocycles. The molecule has 0 heterocycles. The van der Waals surface area contributed by atoms with Crippen molar-refractivity contribution in [2.45, 2.75) is 0 Å². The molecule has 12 aromatic carbocycles. The Morgan fingerprint density at radius 3 is 1.35 bits per heavy atom. The monoisotopic (exact) mass is 712 g/mol. The van der Waals surface area contributed by atoms with E-state index in [9.17, 15) is 23.3 Å². The Bertz CT molecular complexity index is 5220. The molecule has 0 fully saturated rings. The molecule has 54 heavy (non-hydrogen) atoms. The van der Waals surface area contributed by atoms with Crippen LogP contribution in [0.1, 0.15) is 43.9 Å². The minimum absolute atomic E-state index is 0.421. The lowest BCUT2D eigenvalue weighted by atomic mass is 9.81. The Morgan fingerprint density at radius 1 is 0.241 bits per heavy atom. The van der Waals surface area contributed by atoms with Crippen LogP contribution in [-0.2, 0) is 0 Å². The van der Waals surface area contributed by atoms with E-state index in [-0.39, 0.29) is 0 Å². The van der Waals surface area contributed by atoms with E-state index in [0.717, 1.165) is 0 Å². The Morgan fingerprint density at radius 2 is 0.704 bits per heavy atom. The summed E-state index contributed by atoms with van der Waals surface area (Å²) >= 11 is 0. The molecular formula is C54H32. The lowest BCUT2D eigenvalue weighted by Crippen LogP contribution is -1.95. The number of hydrogen-bond acceptors (Lipinski definition) is 0. The Hall–Kier alpha value is -7.02. The summed E-state index contributed by atoms with van der Waals surface area (Å²) in [4.78, 5) is 0. The average molecular weight is 713 g/mol. The first kappa shape index (κ1) is 12.3. The predicted molar refractivity (Wildman–Crippen MR) is 233 cm³/mol. The van der Waals surface area contributed by atoms with Gasteiger partial charge < -0.3 is 0 Å². The largest absolute Gasteiger partial charge is 0.0636 e. The highest BCUT2D eigenvalue weighted by Gasteiger charge is 2.22. The van der Waals surface area contributed by atoms with Crippen LogP contribution in [0.4, 0.5) is 0 Å². The summed E-state index contributed by atoms with van der Waals surface area (Å²) in [5.41, 5.74) is -8.21. The highest BCUT2D eigenvalue weighted by molar-refractivity contribution is 6.27. The van der Waals surface area contributed by atoms with Crippen LogP contribution < -0.4 is 0 Å². The maximum atomic E-state index is 10.7. The fourth-order valence-corrected chi connectivity index (χ4v) is 7.06. The van der Waals surface area contributed by atoms with Gasteiger partial charge in [-0.15, -0.1) is 0 Å². The minimum Gasteiger partial charge on any atom is -0.0622 e. The zero-order valence-electron chi connectivity index (χ0n) is 59.0. The normalized spacial score (nSPS) is 20.4. The summed E-state index contributed by atoms with van der Waals surface area (Å²) in [6.45, 7) is 0.